The summed E-state index contributed by atoms with van der Waals surface area (Å²) in [4.78, 5) is 23.8. The van der Waals surface area contributed by atoms with Gasteiger partial charge in [-0.25, -0.2) is 12.8 Å². The molecule has 9 heteroatoms. The Hall–Kier alpha value is -2.78. The molecule has 144 valence electrons. The standard InChI is InChI=1S/C18H19FN2O5S/c1-12-7-9-14(10-8-12)27(24,25)20-11-17(22)26-13(2)18(23)21-16-6-4-3-5-15(16)19/h3-10,13,20H,11H2,1-2H3,(H,21,23)/t13-/m0/s1. The van der Waals surface area contributed by atoms with Crippen molar-refractivity contribution in [2.75, 3.05) is 11.9 Å². The van der Waals surface area contributed by atoms with Gasteiger partial charge in [-0.15, -0.1) is 0 Å². The van der Waals surface area contributed by atoms with Crippen molar-refractivity contribution in [1.82, 2.24) is 4.72 Å². The number of aryl methyl sites for hydroxylation is 1. The molecule has 1 amide bonds. The van der Waals surface area contributed by atoms with Crippen LogP contribution in [0, 0.1) is 12.7 Å². The Balaban J connectivity index is 1.88. The lowest BCUT2D eigenvalue weighted by molar-refractivity contribution is -0.151. The van der Waals surface area contributed by atoms with Gasteiger partial charge in [0.1, 0.15) is 12.4 Å². The molecule has 2 aromatic rings. The average Bonchev–Trinajstić information content (AvgIpc) is 2.62. The van der Waals surface area contributed by atoms with Crippen molar-refractivity contribution in [3.05, 3.63) is 59.9 Å². The van der Waals surface area contributed by atoms with E-state index in [0.717, 1.165) is 5.56 Å². The van der Waals surface area contributed by atoms with Gasteiger partial charge in [-0.05, 0) is 38.1 Å². The van der Waals surface area contributed by atoms with Gasteiger partial charge in [-0.1, -0.05) is 29.8 Å². The maximum absolute atomic E-state index is 13.5. The number of carbonyl (C=O) groups is 2. The molecule has 0 aromatic heterocycles. The number of nitrogens with one attached hydrogen (secondary N) is 2. The molecule has 0 heterocycles. The molecule has 27 heavy (non-hydrogen) atoms. The minimum atomic E-state index is -3.88. The number of hydrogen-bond acceptors (Lipinski definition) is 5. The highest BCUT2D eigenvalue weighted by molar-refractivity contribution is 7.89. The minimum absolute atomic E-state index is 0.00578. The first-order chi connectivity index (χ1) is 12.7. The number of benzene rings is 2. The quantitative estimate of drug-likeness (QED) is 0.700. The molecule has 1 atom stereocenters. The maximum Gasteiger partial charge on any atom is 0.321 e. The van der Waals surface area contributed by atoms with Crippen LogP contribution < -0.4 is 10.0 Å². The molecule has 7 nitrogen and oxygen atoms in total. The number of amides is 1. The first kappa shape index (κ1) is 20.5. The average molecular weight is 394 g/mol. The summed E-state index contributed by atoms with van der Waals surface area (Å²) in [5, 5.41) is 2.29. The molecule has 0 unspecified atom stereocenters. The molecule has 2 aromatic carbocycles. The van der Waals surface area contributed by atoms with E-state index in [0.29, 0.717) is 0 Å². The van der Waals surface area contributed by atoms with Crippen LogP contribution >= 0.6 is 0 Å². The van der Waals surface area contributed by atoms with Gasteiger partial charge >= 0.3 is 5.97 Å². The zero-order valence-electron chi connectivity index (χ0n) is 14.7. The van der Waals surface area contributed by atoms with E-state index >= 15 is 0 Å². The van der Waals surface area contributed by atoms with E-state index in [-0.39, 0.29) is 10.6 Å². The molecule has 0 bridgehead atoms. The largest absolute Gasteiger partial charge is 0.452 e. The Morgan fingerprint density at radius 1 is 1.11 bits per heavy atom. The van der Waals surface area contributed by atoms with Gasteiger partial charge in [0, 0.05) is 0 Å². The van der Waals surface area contributed by atoms with Gasteiger partial charge in [-0.3, -0.25) is 9.59 Å². The summed E-state index contributed by atoms with van der Waals surface area (Å²) >= 11 is 0. The van der Waals surface area contributed by atoms with Crippen LogP contribution in [0.4, 0.5) is 10.1 Å². The Morgan fingerprint density at radius 3 is 2.37 bits per heavy atom. The Bertz CT molecular complexity index is 929. The van der Waals surface area contributed by atoms with Crippen LogP contribution in [0.15, 0.2) is 53.4 Å². The predicted molar refractivity (Wildman–Crippen MR) is 97.0 cm³/mol. The number of sulfonamides is 1. The van der Waals surface area contributed by atoms with Crippen molar-refractivity contribution >= 4 is 27.6 Å². The summed E-state index contributed by atoms with van der Waals surface area (Å²) in [5.41, 5.74) is 0.841. The number of para-hydroxylation sites is 1. The molecule has 0 spiro atoms. The number of ether oxygens (including phenoxy) is 1. The van der Waals surface area contributed by atoms with Crippen LogP contribution in [-0.2, 0) is 24.3 Å². The molecule has 0 radical (unpaired) electrons. The van der Waals surface area contributed by atoms with E-state index in [4.69, 9.17) is 4.74 Å². The summed E-state index contributed by atoms with van der Waals surface area (Å²) in [6.07, 6.45) is -1.24. The number of anilines is 1. The fraction of sp³-hybridized carbons (Fsp3) is 0.222. The van der Waals surface area contributed by atoms with Crippen molar-refractivity contribution in [3.8, 4) is 0 Å². The lowest BCUT2D eigenvalue weighted by atomic mass is 10.2. The van der Waals surface area contributed by atoms with E-state index in [1.165, 1.54) is 43.3 Å². The van der Waals surface area contributed by atoms with Gasteiger partial charge in [0.2, 0.25) is 10.0 Å². The molecular weight excluding hydrogens is 375 g/mol. The Morgan fingerprint density at radius 2 is 1.74 bits per heavy atom. The van der Waals surface area contributed by atoms with E-state index in [1.54, 1.807) is 12.1 Å². The summed E-state index contributed by atoms with van der Waals surface area (Å²) in [5.74, 6) is -2.31. The lowest BCUT2D eigenvalue weighted by Gasteiger charge is -2.14. The Kier molecular flexibility index (Phi) is 6.65. The smallest absolute Gasteiger partial charge is 0.321 e. The summed E-state index contributed by atoms with van der Waals surface area (Å²) < 4.78 is 44.7. The van der Waals surface area contributed by atoms with Crippen LogP contribution in [0.25, 0.3) is 0 Å². The van der Waals surface area contributed by atoms with Gasteiger partial charge in [0.05, 0.1) is 10.6 Å². The molecule has 0 fully saturated rings. The fourth-order valence-corrected chi connectivity index (χ4v) is 3.01. The predicted octanol–water partition coefficient (Wildman–Crippen LogP) is 1.98. The molecule has 0 aliphatic heterocycles. The second-order valence-electron chi connectivity index (χ2n) is 5.74. The third-order valence-electron chi connectivity index (χ3n) is 3.55. The summed E-state index contributed by atoms with van der Waals surface area (Å²) in [6.45, 7) is 2.46. The highest BCUT2D eigenvalue weighted by Gasteiger charge is 2.21. The zero-order valence-corrected chi connectivity index (χ0v) is 15.5. The molecule has 0 saturated heterocycles. The minimum Gasteiger partial charge on any atom is -0.452 e. The number of hydrogen-bond donors (Lipinski definition) is 2. The van der Waals surface area contributed by atoms with Crippen LogP contribution in [0.2, 0.25) is 0 Å². The second kappa shape index (κ2) is 8.74. The van der Waals surface area contributed by atoms with E-state index in [9.17, 15) is 22.4 Å². The van der Waals surface area contributed by atoms with Crippen LogP contribution in [-0.4, -0.2) is 32.9 Å². The zero-order chi connectivity index (χ0) is 20.0. The van der Waals surface area contributed by atoms with Crippen molar-refractivity contribution in [2.24, 2.45) is 0 Å². The van der Waals surface area contributed by atoms with Gasteiger partial charge < -0.3 is 10.1 Å². The van der Waals surface area contributed by atoms with Crippen LogP contribution in [0.3, 0.4) is 0 Å². The van der Waals surface area contributed by atoms with E-state index in [2.05, 4.69) is 10.0 Å². The van der Waals surface area contributed by atoms with Crippen LogP contribution in [0.1, 0.15) is 12.5 Å². The van der Waals surface area contributed by atoms with Gasteiger partial charge in [-0.2, -0.15) is 4.72 Å². The summed E-state index contributed by atoms with van der Waals surface area (Å²) in [7, 11) is -3.88. The SMILES string of the molecule is Cc1ccc(S(=O)(=O)NCC(=O)O[C@@H](C)C(=O)Nc2ccccc2F)cc1. The van der Waals surface area contributed by atoms with Crippen molar-refractivity contribution in [1.29, 1.82) is 0 Å². The molecule has 2 rings (SSSR count). The summed E-state index contributed by atoms with van der Waals surface area (Å²) in [6, 6.07) is 11.6. The maximum atomic E-state index is 13.5. The first-order valence-corrected chi connectivity index (χ1v) is 9.48. The molecular formula is C18H19FN2O5S. The third-order valence-corrected chi connectivity index (χ3v) is 4.96. The monoisotopic (exact) mass is 394 g/mol. The van der Waals surface area contributed by atoms with Crippen molar-refractivity contribution < 1.29 is 27.1 Å². The first-order valence-electron chi connectivity index (χ1n) is 8.00. The topological polar surface area (TPSA) is 102 Å². The number of halogens is 1. The number of esters is 1. The van der Waals surface area contributed by atoms with Crippen LogP contribution in [0.5, 0.6) is 0 Å². The molecule has 0 aliphatic rings. The fourth-order valence-electron chi connectivity index (χ4n) is 2.04. The van der Waals surface area contributed by atoms with Gasteiger partial charge in [0.25, 0.3) is 5.91 Å². The highest BCUT2D eigenvalue weighted by atomic mass is 32.2. The number of rotatable bonds is 7. The van der Waals surface area contributed by atoms with E-state index in [1.807, 2.05) is 6.92 Å². The van der Waals surface area contributed by atoms with Crippen molar-refractivity contribution in [2.45, 2.75) is 24.8 Å². The molecule has 2 N–H and O–H groups in total. The second-order valence-corrected chi connectivity index (χ2v) is 7.51. The molecule has 0 saturated carbocycles. The molecule has 0 aliphatic carbocycles. The third kappa shape index (κ3) is 5.87. The van der Waals surface area contributed by atoms with E-state index < -0.39 is 40.4 Å². The lowest BCUT2D eigenvalue weighted by Crippen LogP contribution is -2.36. The normalized spacial score (nSPS) is 12.3. The Labute approximate surface area is 156 Å². The highest BCUT2D eigenvalue weighted by Crippen LogP contribution is 2.13. The van der Waals surface area contributed by atoms with Crippen molar-refractivity contribution in [3.63, 3.8) is 0 Å². The number of carbonyl (C=O) groups excluding carboxylic acids is 2. The van der Waals surface area contributed by atoms with Gasteiger partial charge in [0.15, 0.2) is 6.10 Å².